The van der Waals surface area contributed by atoms with Gasteiger partial charge in [-0.05, 0) is 19.1 Å². The van der Waals surface area contributed by atoms with Gasteiger partial charge in [0, 0.05) is 32.7 Å². The summed E-state index contributed by atoms with van der Waals surface area (Å²) in [6.07, 6.45) is -0.532. The lowest BCUT2D eigenvalue weighted by atomic mass is 10.2. The van der Waals surface area contributed by atoms with Crippen LogP contribution >= 0.6 is 24.8 Å². The quantitative estimate of drug-likeness (QED) is 0.724. The van der Waals surface area contributed by atoms with E-state index in [-0.39, 0.29) is 42.3 Å². The van der Waals surface area contributed by atoms with Crippen molar-refractivity contribution in [1.29, 1.82) is 0 Å². The number of hydrogen-bond acceptors (Lipinski definition) is 6. The molecule has 2 aromatic rings. The highest BCUT2D eigenvalue weighted by molar-refractivity contribution is 5.85. The van der Waals surface area contributed by atoms with Crippen molar-refractivity contribution in [1.82, 2.24) is 19.8 Å². The molecule has 1 aromatic heterocycles. The third-order valence-electron chi connectivity index (χ3n) is 4.81. The molecular formula is C18H27Cl2N5O3. The van der Waals surface area contributed by atoms with Crippen molar-refractivity contribution < 1.29 is 9.53 Å². The molecule has 3 rings (SSSR count). The molecule has 28 heavy (non-hydrogen) atoms. The number of H-pyrrole nitrogens is 1. The second-order valence-corrected chi connectivity index (χ2v) is 6.66. The van der Waals surface area contributed by atoms with Crippen LogP contribution in [0.2, 0.25) is 0 Å². The maximum Gasteiger partial charge on any atom is 0.258 e. The molecule has 0 bridgehead atoms. The lowest BCUT2D eigenvalue weighted by Gasteiger charge is -2.35. The first-order valence-electron chi connectivity index (χ1n) is 8.78. The number of carbonyl (C=O) groups is 1. The molecule has 1 fully saturated rings. The number of amides is 1. The number of aromatic nitrogens is 2. The zero-order valence-corrected chi connectivity index (χ0v) is 17.6. The van der Waals surface area contributed by atoms with Crippen LogP contribution in [-0.4, -0.2) is 71.1 Å². The van der Waals surface area contributed by atoms with Crippen molar-refractivity contribution in [3.63, 3.8) is 0 Å². The highest BCUT2D eigenvalue weighted by Gasteiger charge is 2.30. The summed E-state index contributed by atoms with van der Waals surface area (Å²) in [7, 11) is 1.74. The van der Waals surface area contributed by atoms with Crippen LogP contribution < -0.4 is 11.3 Å². The fourth-order valence-electron chi connectivity index (χ4n) is 3.02. The molecule has 8 nitrogen and oxygen atoms in total. The highest BCUT2D eigenvalue weighted by Crippen LogP contribution is 2.12. The highest BCUT2D eigenvalue weighted by atomic mass is 35.5. The first-order chi connectivity index (χ1) is 12.5. The van der Waals surface area contributed by atoms with E-state index in [0.29, 0.717) is 49.5 Å². The van der Waals surface area contributed by atoms with E-state index >= 15 is 0 Å². The van der Waals surface area contributed by atoms with E-state index in [1.807, 2.05) is 25.1 Å². The Labute approximate surface area is 176 Å². The Hall–Kier alpha value is -1.71. The molecule has 0 spiro atoms. The number of nitrogens with two attached hydrogens (primary N) is 1. The Morgan fingerprint density at radius 2 is 2.14 bits per heavy atom. The number of fused-ring (bicyclic) bond motifs is 1. The van der Waals surface area contributed by atoms with Gasteiger partial charge in [0.25, 0.3) is 11.5 Å². The molecule has 2 unspecified atom stereocenters. The summed E-state index contributed by atoms with van der Waals surface area (Å²) in [6, 6.07) is 7.21. The molecule has 1 aliphatic rings. The van der Waals surface area contributed by atoms with E-state index in [9.17, 15) is 9.59 Å². The number of nitrogens with one attached hydrogen (secondary N) is 1. The molecule has 0 aliphatic carbocycles. The minimum atomic E-state index is -0.532. The van der Waals surface area contributed by atoms with Crippen LogP contribution in [0, 0.1) is 0 Å². The lowest BCUT2D eigenvalue weighted by molar-refractivity contribution is -0.150. The van der Waals surface area contributed by atoms with Gasteiger partial charge in [0.2, 0.25) is 0 Å². The number of para-hydroxylation sites is 1. The molecule has 1 aromatic carbocycles. The molecule has 1 saturated heterocycles. The fraction of sp³-hybridized carbons (Fsp3) is 0.500. The second kappa shape index (κ2) is 10.7. The lowest BCUT2D eigenvalue weighted by Crippen LogP contribution is -2.52. The molecule has 3 N–H and O–H groups in total. The number of nitrogens with zero attached hydrogens (tertiary/aromatic N) is 3. The van der Waals surface area contributed by atoms with Gasteiger partial charge in [0.15, 0.2) is 0 Å². The van der Waals surface area contributed by atoms with E-state index < -0.39 is 6.10 Å². The number of aromatic amines is 1. The van der Waals surface area contributed by atoms with E-state index in [1.54, 1.807) is 18.0 Å². The Kier molecular flexibility index (Phi) is 9.32. The Balaban J connectivity index is 0.00000196. The zero-order valence-electron chi connectivity index (χ0n) is 16.0. The van der Waals surface area contributed by atoms with Crippen molar-refractivity contribution >= 4 is 41.6 Å². The van der Waals surface area contributed by atoms with Gasteiger partial charge >= 0.3 is 0 Å². The van der Waals surface area contributed by atoms with Crippen LogP contribution in [0.15, 0.2) is 29.1 Å². The standard InChI is InChI=1S/C18H25N5O3.2ClH/c1-12(9-19)22(2)18(25)15-10-23(7-8-26-15)11-16-20-14-6-4-3-5-13(14)17(24)21-16;;/h3-6,12,15H,7-11,19H2,1-2H3,(H,20,21,24);2*1H. The number of halogens is 2. The number of carbonyl (C=O) groups excluding carboxylic acids is 1. The SMILES string of the molecule is CC(CN)N(C)C(=O)C1CN(Cc2nc3ccccc3c(=O)[nH]2)CCO1.Cl.Cl. The van der Waals surface area contributed by atoms with Gasteiger partial charge in [0.1, 0.15) is 11.9 Å². The minimum absolute atomic E-state index is 0. The Bertz CT molecular complexity index is 847. The zero-order chi connectivity index (χ0) is 18.7. The smallest absolute Gasteiger partial charge is 0.258 e. The molecule has 10 heteroatoms. The molecule has 0 radical (unpaired) electrons. The third-order valence-corrected chi connectivity index (χ3v) is 4.81. The van der Waals surface area contributed by atoms with Crippen molar-refractivity contribution in [2.45, 2.75) is 25.6 Å². The van der Waals surface area contributed by atoms with Crippen molar-refractivity contribution in [2.24, 2.45) is 5.73 Å². The van der Waals surface area contributed by atoms with E-state index in [0.717, 1.165) is 0 Å². The summed E-state index contributed by atoms with van der Waals surface area (Å²) >= 11 is 0. The van der Waals surface area contributed by atoms with Gasteiger partial charge in [-0.2, -0.15) is 0 Å². The average molecular weight is 432 g/mol. The van der Waals surface area contributed by atoms with Crippen LogP contribution in [0.25, 0.3) is 10.9 Å². The van der Waals surface area contributed by atoms with Crippen LogP contribution in [0.5, 0.6) is 0 Å². The second-order valence-electron chi connectivity index (χ2n) is 6.66. The number of hydrogen-bond donors (Lipinski definition) is 2. The van der Waals surface area contributed by atoms with Crippen molar-refractivity contribution in [3.8, 4) is 0 Å². The fourth-order valence-corrected chi connectivity index (χ4v) is 3.02. The summed E-state index contributed by atoms with van der Waals surface area (Å²) in [4.78, 5) is 35.8. The summed E-state index contributed by atoms with van der Waals surface area (Å²) in [5.41, 5.74) is 6.16. The maximum absolute atomic E-state index is 12.6. The first kappa shape index (κ1) is 24.3. The maximum atomic E-state index is 12.6. The van der Waals surface area contributed by atoms with Crippen molar-refractivity contribution in [3.05, 3.63) is 40.4 Å². The van der Waals surface area contributed by atoms with Gasteiger partial charge in [-0.1, -0.05) is 12.1 Å². The molecule has 1 amide bonds. The molecule has 156 valence electrons. The third kappa shape index (κ3) is 5.42. The molecule has 0 saturated carbocycles. The van der Waals surface area contributed by atoms with Gasteiger partial charge in [-0.15, -0.1) is 24.8 Å². The summed E-state index contributed by atoms with van der Waals surface area (Å²) in [6.45, 7) is 4.36. The number of ether oxygens (including phenoxy) is 1. The largest absolute Gasteiger partial charge is 0.366 e. The topological polar surface area (TPSA) is 105 Å². The number of likely N-dealkylation sites (N-methyl/N-ethyl adjacent to an activating group) is 1. The van der Waals surface area contributed by atoms with E-state index in [4.69, 9.17) is 10.5 Å². The van der Waals surface area contributed by atoms with Gasteiger partial charge in [0.05, 0.1) is 24.1 Å². The Morgan fingerprint density at radius 1 is 1.43 bits per heavy atom. The monoisotopic (exact) mass is 431 g/mol. The molecule has 1 aliphatic heterocycles. The number of morpholine rings is 1. The van der Waals surface area contributed by atoms with Gasteiger partial charge < -0.3 is 20.4 Å². The summed E-state index contributed by atoms with van der Waals surface area (Å²) in [5, 5.41) is 0.573. The van der Waals surface area contributed by atoms with E-state index in [1.165, 1.54) is 0 Å². The Morgan fingerprint density at radius 3 is 2.86 bits per heavy atom. The average Bonchev–Trinajstić information content (AvgIpc) is 2.66. The molecule has 2 atom stereocenters. The molecule has 2 heterocycles. The minimum Gasteiger partial charge on any atom is -0.366 e. The van der Waals surface area contributed by atoms with Crippen LogP contribution in [0.3, 0.4) is 0 Å². The van der Waals surface area contributed by atoms with Gasteiger partial charge in [-0.3, -0.25) is 14.5 Å². The number of rotatable bonds is 5. The van der Waals surface area contributed by atoms with Crippen molar-refractivity contribution in [2.75, 3.05) is 33.3 Å². The summed E-state index contributed by atoms with van der Waals surface area (Å²) in [5.74, 6) is 0.512. The van der Waals surface area contributed by atoms with Crippen LogP contribution in [0.4, 0.5) is 0 Å². The number of benzene rings is 1. The van der Waals surface area contributed by atoms with Crippen LogP contribution in [-0.2, 0) is 16.1 Å². The first-order valence-corrected chi connectivity index (χ1v) is 8.78. The van der Waals surface area contributed by atoms with Gasteiger partial charge in [-0.25, -0.2) is 4.98 Å². The predicted octanol–water partition coefficient (Wildman–Crippen LogP) is 0.773. The summed E-state index contributed by atoms with van der Waals surface area (Å²) < 4.78 is 5.65. The van der Waals surface area contributed by atoms with E-state index in [2.05, 4.69) is 14.9 Å². The van der Waals surface area contributed by atoms with Crippen LogP contribution in [0.1, 0.15) is 12.7 Å². The molecular weight excluding hydrogens is 405 g/mol. The predicted molar refractivity (Wildman–Crippen MR) is 113 cm³/mol. The normalized spacial score (nSPS) is 18.0.